The van der Waals surface area contributed by atoms with Crippen LogP contribution in [-0.2, 0) is 0 Å². The number of aromatic nitrogens is 3. The van der Waals surface area contributed by atoms with Crippen LogP contribution in [0.25, 0.3) is 11.1 Å². The van der Waals surface area contributed by atoms with Gasteiger partial charge in [-0.1, -0.05) is 5.16 Å². The number of nitrogens with zero attached hydrogens (tertiary/aromatic N) is 2. The van der Waals surface area contributed by atoms with Crippen molar-refractivity contribution in [3.05, 3.63) is 22.4 Å². The Morgan fingerprint density at radius 1 is 1.62 bits per heavy atom. The highest BCUT2D eigenvalue weighted by molar-refractivity contribution is 5.98. The summed E-state index contributed by atoms with van der Waals surface area (Å²) in [6.45, 7) is 0. The Kier molecular flexibility index (Phi) is 1.38. The van der Waals surface area contributed by atoms with E-state index in [4.69, 9.17) is 5.11 Å². The lowest BCUT2D eigenvalue weighted by molar-refractivity contribution is 0.0687. The van der Waals surface area contributed by atoms with Gasteiger partial charge in [0.15, 0.2) is 0 Å². The van der Waals surface area contributed by atoms with Gasteiger partial charge in [-0.15, -0.1) is 0 Å². The molecule has 0 fully saturated rings. The third kappa shape index (κ3) is 0.975. The number of carbonyl (C=O) groups is 1. The molecule has 0 unspecified atom stereocenters. The van der Waals surface area contributed by atoms with Gasteiger partial charge in [-0.25, -0.2) is 9.78 Å². The number of aromatic carboxylic acids is 1. The third-order valence-corrected chi connectivity index (χ3v) is 1.48. The molecule has 13 heavy (non-hydrogen) atoms. The molecule has 66 valence electrons. The van der Waals surface area contributed by atoms with Crippen LogP contribution in [0.4, 0.5) is 0 Å². The molecule has 0 atom stereocenters. The minimum absolute atomic E-state index is 0.0823. The highest BCUT2D eigenvalue weighted by Crippen LogP contribution is 2.09. The van der Waals surface area contributed by atoms with E-state index in [1.54, 1.807) is 0 Å². The zero-order valence-electron chi connectivity index (χ0n) is 6.14. The molecule has 0 aliphatic carbocycles. The molecule has 2 aromatic heterocycles. The van der Waals surface area contributed by atoms with Gasteiger partial charge in [-0.2, -0.15) is 0 Å². The number of carboxylic acid groups (broad SMARTS) is 1. The molecule has 0 aromatic carbocycles. The van der Waals surface area contributed by atoms with Crippen molar-refractivity contribution < 1.29 is 14.4 Å². The second kappa shape index (κ2) is 2.41. The summed E-state index contributed by atoms with van der Waals surface area (Å²) >= 11 is 0. The Morgan fingerprint density at radius 3 is 3.08 bits per heavy atom. The maximum absolute atomic E-state index is 11.1. The van der Waals surface area contributed by atoms with Crippen LogP contribution in [0.5, 0.6) is 0 Å². The van der Waals surface area contributed by atoms with Gasteiger partial charge >= 0.3 is 5.97 Å². The van der Waals surface area contributed by atoms with E-state index in [2.05, 4.69) is 19.6 Å². The van der Waals surface area contributed by atoms with Crippen LogP contribution in [0.15, 0.2) is 15.6 Å². The van der Waals surface area contributed by atoms with E-state index in [0.717, 1.165) is 6.33 Å². The molecule has 0 saturated carbocycles. The maximum atomic E-state index is 11.1. The highest BCUT2D eigenvalue weighted by atomic mass is 16.5. The number of nitrogens with one attached hydrogen (secondary N) is 1. The predicted octanol–water partition coefficient (Wildman–Crippen LogP) is -0.391. The molecule has 7 heteroatoms. The molecule has 0 spiro atoms. The van der Waals surface area contributed by atoms with Crippen molar-refractivity contribution in [3.63, 3.8) is 0 Å². The van der Waals surface area contributed by atoms with Gasteiger partial charge in [0.25, 0.3) is 11.3 Å². The van der Waals surface area contributed by atoms with Crippen molar-refractivity contribution >= 4 is 17.1 Å². The summed E-state index contributed by atoms with van der Waals surface area (Å²) in [5, 5.41) is 11.6. The molecule has 2 N–H and O–H groups in total. The molecule has 7 nitrogen and oxygen atoms in total. The fraction of sp³-hybridized carbons (Fsp3) is 0. The fourth-order valence-corrected chi connectivity index (χ4v) is 0.942. The summed E-state index contributed by atoms with van der Waals surface area (Å²) in [4.78, 5) is 27.5. The molecule has 0 aliphatic rings. The molecule has 0 aliphatic heterocycles. The Labute approximate surface area is 70.0 Å². The number of H-pyrrole nitrogens is 1. The molecule has 0 saturated heterocycles. The molecule has 0 amide bonds. The summed E-state index contributed by atoms with van der Waals surface area (Å²) in [5.74, 6) is -1.32. The van der Waals surface area contributed by atoms with Gasteiger partial charge in [-0.3, -0.25) is 4.79 Å². The molecular weight excluding hydrogens is 178 g/mol. The van der Waals surface area contributed by atoms with Crippen molar-refractivity contribution in [1.82, 2.24) is 15.1 Å². The average Bonchev–Trinajstić information content (AvgIpc) is 2.49. The van der Waals surface area contributed by atoms with Crippen molar-refractivity contribution in [1.29, 1.82) is 0 Å². The molecule has 0 bridgehead atoms. The van der Waals surface area contributed by atoms with E-state index >= 15 is 0 Å². The SMILES string of the molecule is O=C(O)c1noc2nc[nH]c(=O)c12. The highest BCUT2D eigenvalue weighted by Gasteiger charge is 2.18. The zero-order valence-corrected chi connectivity index (χ0v) is 6.14. The fourth-order valence-electron chi connectivity index (χ4n) is 0.942. The van der Waals surface area contributed by atoms with Gasteiger partial charge in [0.05, 0.1) is 6.33 Å². The summed E-state index contributed by atoms with van der Waals surface area (Å²) in [6.07, 6.45) is 1.11. The van der Waals surface area contributed by atoms with Crippen LogP contribution in [0.2, 0.25) is 0 Å². The number of hydrogen-bond donors (Lipinski definition) is 2. The van der Waals surface area contributed by atoms with Crippen LogP contribution < -0.4 is 5.56 Å². The van der Waals surface area contributed by atoms with E-state index in [0.29, 0.717) is 0 Å². The van der Waals surface area contributed by atoms with Crippen LogP contribution in [-0.4, -0.2) is 26.2 Å². The Balaban J connectivity index is 2.95. The second-order valence-electron chi connectivity index (χ2n) is 2.25. The molecule has 2 aromatic rings. The lowest BCUT2D eigenvalue weighted by Gasteiger charge is -1.84. The van der Waals surface area contributed by atoms with Crippen molar-refractivity contribution in [2.24, 2.45) is 0 Å². The lowest BCUT2D eigenvalue weighted by Crippen LogP contribution is -2.09. The standard InChI is InChI=1S/C6H3N3O4/c10-4-2-3(6(11)12)9-13-5(2)8-1-7-4/h1H,(H,11,12)(H,7,8,10). The van der Waals surface area contributed by atoms with Crippen molar-refractivity contribution in [2.75, 3.05) is 0 Å². The zero-order chi connectivity index (χ0) is 9.42. The summed E-state index contributed by atoms with van der Waals surface area (Å²) in [6, 6.07) is 0. The monoisotopic (exact) mass is 181 g/mol. The summed E-state index contributed by atoms with van der Waals surface area (Å²) < 4.78 is 4.53. The largest absolute Gasteiger partial charge is 0.476 e. The predicted molar refractivity (Wildman–Crippen MR) is 39.4 cm³/mol. The van der Waals surface area contributed by atoms with Crippen LogP contribution in [0.3, 0.4) is 0 Å². The minimum Gasteiger partial charge on any atom is -0.476 e. The Hall–Kier alpha value is -2.18. The van der Waals surface area contributed by atoms with E-state index < -0.39 is 17.2 Å². The first-order valence-electron chi connectivity index (χ1n) is 3.26. The minimum atomic E-state index is -1.32. The molecular formula is C6H3N3O4. The van der Waals surface area contributed by atoms with E-state index in [1.165, 1.54) is 0 Å². The first kappa shape index (κ1) is 7.47. The summed E-state index contributed by atoms with van der Waals surface area (Å²) in [7, 11) is 0. The third-order valence-electron chi connectivity index (χ3n) is 1.48. The normalized spacial score (nSPS) is 10.5. The van der Waals surface area contributed by atoms with Crippen LogP contribution in [0, 0.1) is 0 Å². The first-order valence-corrected chi connectivity index (χ1v) is 3.26. The average molecular weight is 181 g/mol. The number of carboxylic acids is 1. The topological polar surface area (TPSA) is 109 Å². The van der Waals surface area contributed by atoms with Gasteiger partial charge in [0, 0.05) is 0 Å². The lowest BCUT2D eigenvalue weighted by atomic mass is 10.3. The van der Waals surface area contributed by atoms with Crippen molar-refractivity contribution in [3.8, 4) is 0 Å². The first-order chi connectivity index (χ1) is 6.20. The van der Waals surface area contributed by atoms with E-state index in [9.17, 15) is 9.59 Å². The Morgan fingerprint density at radius 2 is 2.38 bits per heavy atom. The van der Waals surface area contributed by atoms with Crippen LogP contribution in [0.1, 0.15) is 10.5 Å². The van der Waals surface area contributed by atoms with Crippen molar-refractivity contribution in [2.45, 2.75) is 0 Å². The Bertz CT molecular complexity index is 526. The second-order valence-corrected chi connectivity index (χ2v) is 2.25. The quantitative estimate of drug-likeness (QED) is 0.619. The molecule has 2 heterocycles. The van der Waals surface area contributed by atoms with Gasteiger partial charge in [-0.05, 0) is 0 Å². The summed E-state index contributed by atoms with van der Waals surface area (Å²) in [5.41, 5.74) is -1.09. The van der Waals surface area contributed by atoms with Gasteiger partial charge in [0.1, 0.15) is 5.39 Å². The van der Waals surface area contributed by atoms with Crippen LogP contribution >= 0.6 is 0 Å². The van der Waals surface area contributed by atoms with E-state index in [1.807, 2.05) is 0 Å². The molecule has 2 rings (SSSR count). The smallest absolute Gasteiger partial charge is 0.359 e. The number of aromatic amines is 1. The maximum Gasteiger partial charge on any atom is 0.359 e. The van der Waals surface area contributed by atoms with Gasteiger partial charge in [0.2, 0.25) is 5.69 Å². The van der Waals surface area contributed by atoms with E-state index in [-0.39, 0.29) is 11.1 Å². The number of fused-ring (bicyclic) bond motifs is 1. The molecule has 0 radical (unpaired) electrons. The number of hydrogen-bond acceptors (Lipinski definition) is 5. The number of rotatable bonds is 1. The van der Waals surface area contributed by atoms with Gasteiger partial charge < -0.3 is 14.6 Å².